The fourth-order valence-corrected chi connectivity index (χ4v) is 3.88. The van der Waals surface area contributed by atoms with E-state index in [1.807, 2.05) is 47.5 Å². The number of thioether (sulfide) groups is 1. The van der Waals surface area contributed by atoms with E-state index in [4.69, 9.17) is 11.6 Å². The smallest absolute Gasteiger partial charge is 0.233 e. The van der Waals surface area contributed by atoms with Gasteiger partial charge in [-0.1, -0.05) is 29.8 Å². The number of pyridine rings is 1. The number of carbonyl (C=O) groups excluding carboxylic acids is 1. The lowest BCUT2D eigenvalue weighted by molar-refractivity contribution is -0.131. The van der Waals surface area contributed by atoms with Crippen molar-refractivity contribution in [2.45, 2.75) is 11.8 Å². The molecule has 0 saturated carbocycles. The zero-order valence-corrected chi connectivity index (χ0v) is 14.9. The third-order valence-corrected chi connectivity index (χ3v) is 5.24. The molecule has 3 rings (SSSR count). The van der Waals surface area contributed by atoms with E-state index < -0.39 is 0 Å². The molecular weight excluding hydrogens is 342 g/mol. The molecule has 6 heteroatoms. The van der Waals surface area contributed by atoms with Crippen molar-refractivity contribution in [1.82, 2.24) is 15.2 Å². The van der Waals surface area contributed by atoms with Crippen molar-refractivity contribution in [2.75, 3.05) is 25.4 Å². The Bertz CT molecular complexity index is 683. The van der Waals surface area contributed by atoms with E-state index in [1.54, 1.807) is 18.0 Å². The maximum Gasteiger partial charge on any atom is 0.233 e. The Morgan fingerprint density at radius 2 is 2.29 bits per heavy atom. The Morgan fingerprint density at radius 3 is 3.08 bits per heavy atom. The van der Waals surface area contributed by atoms with Gasteiger partial charge in [-0.3, -0.25) is 9.78 Å². The molecule has 1 fully saturated rings. The Hall–Kier alpha value is -1.56. The number of hydrogen-bond donors (Lipinski definition) is 1. The summed E-state index contributed by atoms with van der Waals surface area (Å²) in [6.07, 6.45) is 3.60. The van der Waals surface area contributed by atoms with Crippen molar-refractivity contribution in [3.63, 3.8) is 0 Å². The molecule has 1 aliphatic rings. The van der Waals surface area contributed by atoms with Crippen LogP contribution in [-0.4, -0.2) is 41.2 Å². The fraction of sp³-hybridized carbons (Fsp3) is 0.333. The maximum atomic E-state index is 12.7. The molecule has 0 radical (unpaired) electrons. The van der Waals surface area contributed by atoms with Gasteiger partial charge < -0.3 is 10.2 Å². The molecule has 1 atom stereocenters. The second kappa shape index (κ2) is 8.51. The molecule has 4 nitrogen and oxygen atoms in total. The molecule has 0 aliphatic carbocycles. The Labute approximate surface area is 151 Å². The number of nitrogens with one attached hydrogen (secondary N) is 1. The number of halogens is 1. The van der Waals surface area contributed by atoms with E-state index in [0.717, 1.165) is 36.5 Å². The number of amides is 1. The van der Waals surface area contributed by atoms with Gasteiger partial charge in [0.2, 0.25) is 5.91 Å². The second-order valence-electron chi connectivity index (χ2n) is 5.72. The van der Waals surface area contributed by atoms with Crippen molar-refractivity contribution in [1.29, 1.82) is 0 Å². The van der Waals surface area contributed by atoms with Crippen LogP contribution in [-0.2, 0) is 10.5 Å². The van der Waals surface area contributed by atoms with E-state index in [0.29, 0.717) is 10.8 Å². The van der Waals surface area contributed by atoms with Crippen LogP contribution in [0.4, 0.5) is 0 Å². The molecule has 1 saturated heterocycles. The second-order valence-corrected chi connectivity index (χ2v) is 7.14. The number of rotatable bonds is 5. The molecule has 1 amide bonds. The van der Waals surface area contributed by atoms with Gasteiger partial charge in [0.15, 0.2) is 0 Å². The number of nitrogens with zero attached hydrogens (tertiary/aromatic N) is 2. The van der Waals surface area contributed by atoms with Crippen molar-refractivity contribution < 1.29 is 4.79 Å². The van der Waals surface area contributed by atoms with E-state index in [-0.39, 0.29) is 11.9 Å². The standard InChI is InChI=1S/C18H20ClN3OS/c19-16-5-1-4-15(9-16)17-11-21-7-8-22(17)18(23)13-24-12-14-3-2-6-20-10-14/h1-6,9-10,17,21H,7-8,11-13H2. The maximum absolute atomic E-state index is 12.7. The lowest BCUT2D eigenvalue weighted by Crippen LogP contribution is -2.49. The number of aromatic nitrogens is 1. The number of carbonyl (C=O) groups is 1. The van der Waals surface area contributed by atoms with Crippen LogP contribution in [0.1, 0.15) is 17.2 Å². The van der Waals surface area contributed by atoms with Crippen LogP contribution in [0.15, 0.2) is 48.8 Å². The Balaban J connectivity index is 1.61. The number of hydrogen-bond acceptors (Lipinski definition) is 4. The predicted octanol–water partition coefficient (Wildman–Crippen LogP) is 3.14. The van der Waals surface area contributed by atoms with Crippen molar-refractivity contribution in [2.24, 2.45) is 0 Å². The predicted molar refractivity (Wildman–Crippen MR) is 99.2 cm³/mol. The van der Waals surface area contributed by atoms with Gasteiger partial charge in [0, 0.05) is 42.8 Å². The summed E-state index contributed by atoms with van der Waals surface area (Å²) in [7, 11) is 0. The quantitative estimate of drug-likeness (QED) is 0.888. The molecule has 0 spiro atoms. The zero-order valence-electron chi connectivity index (χ0n) is 13.3. The largest absolute Gasteiger partial charge is 0.332 e. The summed E-state index contributed by atoms with van der Waals surface area (Å²) in [6, 6.07) is 11.8. The van der Waals surface area contributed by atoms with Gasteiger partial charge in [0.05, 0.1) is 11.8 Å². The van der Waals surface area contributed by atoms with Gasteiger partial charge in [-0.15, -0.1) is 11.8 Å². The summed E-state index contributed by atoms with van der Waals surface area (Å²) in [6.45, 7) is 2.32. The first kappa shape index (κ1) is 17.3. The van der Waals surface area contributed by atoms with E-state index in [9.17, 15) is 4.79 Å². The molecule has 0 bridgehead atoms. The first-order valence-corrected chi connectivity index (χ1v) is 9.49. The van der Waals surface area contributed by atoms with Crippen LogP contribution in [0, 0.1) is 0 Å². The minimum Gasteiger partial charge on any atom is -0.332 e. The van der Waals surface area contributed by atoms with Crippen molar-refractivity contribution in [3.05, 3.63) is 64.9 Å². The summed E-state index contributed by atoms with van der Waals surface area (Å²) in [5, 5.41) is 4.07. The van der Waals surface area contributed by atoms with Crippen LogP contribution in [0.3, 0.4) is 0 Å². The first-order chi connectivity index (χ1) is 11.7. The van der Waals surface area contributed by atoms with Gasteiger partial charge in [-0.25, -0.2) is 0 Å². The minimum atomic E-state index is 0.0453. The highest BCUT2D eigenvalue weighted by atomic mass is 35.5. The SMILES string of the molecule is O=C(CSCc1cccnc1)N1CCNCC1c1cccc(Cl)c1. The van der Waals surface area contributed by atoms with Gasteiger partial charge in [-0.05, 0) is 29.3 Å². The third-order valence-electron chi connectivity index (χ3n) is 4.01. The monoisotopic (exact) mass is 361 g/mol. The highest BCUT2D eigenvalue weighted by molar-refractivity contribution is 7.99. The van der Waals surface area contributed by atoms with E-state index in [2.05, 4.69) is 10.3 Å². The van der Waals surface area contributed by atoms with E-state index in [1.165, 1.54) is 0 Å². The normalized spacial score (nSPS) is 17.7. The molecule has 1 aliphatic heterocycles. The third kappa shape index (κ3) is 4.50. The van der Waals surface area contributed by atoms with Crippen LogP contribution in [0.25, 0.3) is 0 Å². The number of benzene rings is 1. The van der Waals surface area contributed by atoms with Crippen LogP contribution >= 0.6 is 23.4 Å². The number of piperazine rings is 1. The van der Waals surface area contributed by atoms with Crippen LogP contribution in [0.5, 0.6) is 0 Å². The molecule has 1 aromatic carbocycles. The Morgan fingerprint density at radius 1 is 1.38 bits per heavy atom. The highest BCUT2D eigenvalue weighted by Gasteiger charge is 2.27. The molecule has 1 aromatic heterocycles. The summed E-state index contributed by atoms with van der Waals surface area (Å²) in [5.74, 6) is 1.45. The molecule has 1 N–H and O–H groups in total. The van der Waals surface area contributed by atoms with Gasteiger partial charge >= 0.3 is 0 Å². The van der Waals surface area contributed by atoms with Gasteiger partial charge in [0.1, 0.15) is 0 Å². The molecule has 2 aromatic rings. The van der Waals surface area contributed by atoms with Crippen molar-refractivity contribution in [3.8, 4) is 0 Å². The lowest BCUT2D eigenvalue weighted by atomic mass is 10.0. The summed E-state index contributed by atoms with van der Waals surface area (Å²) < 4.78 is 0. The highest BCUT2D eigenvalue weighted by Crippen LogP contribution is 2.25. The van der Waals surface area contributed by atoms with Gasteiger partial charge in [-0.2, -0.15) is 0 Å². The average molecular weight is 362 g/mol. The molecule has 2 heterocycles. The summed E-state index contributed by atoms with van der Waals surface area (Å²) in [4.78, 5) is 18.8. The van der Waals surface area contributed by atoms with Crippen LogP contribution < -0.4 is 5.32 Å². The summed E-state index contributed by atoms with van der Waals surface area (Å²) in [5.41, 5.74) is 2.22. The Kier molecular flexibility index (Phi) is 6.12. The first-order valence-electron chi connectivity index (χ1n) is 7.96. The summed E-state index contributed by atoms with van der Waals surface area (Å²) >= 11 is 7.74. The minimum absolute atomic E-state index is 0.0453. The van der Waals surface area contributed by atoms with Crippen molar-refractivity contribution >= 4 is 29.3 Å². The van der Waals surface area contributed by atoms with Crippen LogP contribution in [0.2, 0.25) is 5.02 Å². The molecule has 126 valence electrons. The van der Waals surface area contributed by atoms with E-state index >= 15 is 0 Å². The van der Waals surface area contributed by atoms with Gasteiger partial charge in [0.25, 0.3) is 0 Å². The zero-order chi connectivity index (χ0) is 16.8. The lowest BCUT2D eigenvalue weighted by Gasteiger charge is -2.36. The average Bonchev–Trinajstić information content (AvgIpc) is 2.62. The topological polar surface area (TPSA) is 45.2 Å². The fourth-order valence-electron chi connectivity index (χ4n) is 2.84. The molecular formula is C18H20ClN3OS. The molecule has 24 heavy (non-hydrogen) atoms. The molecule has 1 unspecified atom stereocenters.